The van der Waals surface area contributed by atoms with Crippen LogP contribution in [0.25, 0.3) is 0 Å². The highest BCUT2D eigenvalue weighted by atomic mass is 14.9. The van der Waals surface area contributed by atoms with Crippen LogP contribution < -0.4 is 5.32 Å². The van der Waals surface area contributed by atoms with E-state index in [1.807, 2.05) is 0 Å². The minimum absolute atomic E-state index is 0.886. The molecule has 1 aromatic rings. The first-order valence-electron chi connectivity index (χ1n) is 6.61. The van der Waals surface area contributed by atoms with Crippen molar-refractivity contribution in [2.45, 2.75) is 32.6 Å². The molecule has 0 aromatic heterocycles. The first kappa shape index (κ1) is 11.7. The van der Waals surface area contributed by atoms with Gasteiger partial charge in [0.1, 0.15) is 0 Å². The first-order valence-corrected chi connectivity index (χ1v) is 6.61. The van der Waals surface area contributed by atoms with E-state index >= 15 is 0 Å². The molecule has 2 rings (SSSR count). The van der Waals surface area contributed by atoms with Gasteiger partial charge in [0.15, 0.2) is 0 Å². The van der Waals surface area contributed by atoms with E-state index < -0.39 is 0 Å². The summed E-state index contributed by atoms with van der Waals surface area (Å²) in [7, 11) is 0. The van der Waals surface area contributed by atoms with E-state index in [9.17, 15) is 0 Å². The lowest BCUT2D eigenvalue weighted by molar-refractivity contribution is 0.459. The fraction of sp³-hybridized carbons (Fsp3) is 0.600. The zero-order valence-electron chi connectivity index (χ0n) is 10.3. The van der Waals surface area contributed by atoms with Gasteiger partial charge in [0.2, 0.25) is 0 Å². The van der Waals surface area contributed by atoms with Crippen molar-refractivity contribution in [3.05, 3.63) is 35.9 Å². The Hall–Kier alpha value is -0.820. The van der Waals surface area contributed by atoms with Gasteiger partial charge in [-0.15, -0.1) is 0 Å². The summed E-state index contributed by atoms with van der Waals surface area (Å²) >= 11 is 0. The number of hydrogen-bond acceptors (Lipinski definition) is 1. The van der Waals surface area contributed by atoms with Crippen LogP contribution in [0.5, 0.6) is 0 Å². The van der Waals surface area contributed by atoms with Crippen molar-refractivity contribution in [2.75, 3.05) is 13.1 Å². The van der Waals surface area contributed by atoms with E-state index in [-0.39, 0.29) is 0 Å². The van der Waals surface area contributed by atoms with Gasteiger partial charge in [0.05, 0.1) is 0 Å². The summed E-state index contributed by atoms with van der Waals surface area (Å²) in [4.78, 5) is 0. The molecule has 1 fully saturated rings. The van der Waals surface area contributed by atoms with Crippen molar-refractivity contribution in [1.82, 2.24) is 5.32 Å². The van der Waals surface area contributed by atoms with Crippen LogP contribution in [0.15, 0.2) is 30.3 Å². The van der Waals surface area contributed by atoms with E-state index in [1.54, 1.807) is 0 Å². The first-order chi connectivity index (χ1) is 7.86. The van der Waals surface area contributed by atoms with Crippen molar-refractivity contribution in [3.8, 4) is 0 Å². The monoisotopic (exact) mass is 217 g/mol. The highest BCUT2D eigenvalue weighted by molar-refractivity contribution is 5.14. The van der Waals surface area contributed by atoms with Gasteiger partial charge in [-0.05, 0) is 56.2 Å². The molecule has 0 aliphatic heterocycles. The third-order valence-electron chi connectivity index (χ3n) is 3.55. The normalized spacial score (nSPS) is 17.3. The van der Waals surface area contributed by atoms with Gasteiger partial charge in [0, 0.05) is 0 Å². The molecule has 0 spiro atoms. The summed E-state index contributed by atoms with van der Waals surface area (Å²) in [6.07, 6.45) is 5.38. The van der Waals surface area contributed by atoms with E-state index in [4.69, 9.17) is 0 Å². The Morgan fingerprint density at radius 3 is 2.69 bits per heavy atom. The Kier molecular flexibility index (Phi) is 4.41. The molecule has 0 saturated heterocycles. The fourth-order valence-electron chi connectivity index (χ4n) is 2.22. The largest absolute Gasteiger partial charge is 0.316 e. The number of nitrogens with one attached hydrogen (secondary N) is 1. The SMILES string of the molecule is CC(CNCCCc1ccccc1)C1CC1. The zero-order valence-corrected chi connectivity index (χ0v) is 10.3. The van der Waals surface area contributed by atoms with Crippen LogP contribution in [-0.4, -0.2) is 13.1 Å². The molecule has 1 unspecified atom stereocenters. The molecule has 0 amide bonds. The summed E-state index contributed by atoms with van der Waals surface area (Å²) in [5.74, 6) is 1.92. The second kappa shape index (κ2) is 6.05. The van der Waals surface area contributed by atoms with Gasteiger partial charge >= 0.3 is 0 Å². The van der Waals surface area contributed by atoms with Crippen LogP contribution in [0.1, 0.15) is 31.7 Å². The number of rotatable bonds is 7. The Morgan fingerprint density at radius 1 is 1.25 bits per heavy atom. The summed E-state index contributed by atoms with van der Waals surface area (Å²) in [6, 6.07) is 10.8. The topological polar surface area (TPSA) is 12.0 Å². The molecule has 1 saturated carbocycles. The van der Waals surface area contributed by atoms with Crippen LogP contribution in [-0.2, 0) is 6.42 Å². The molecule has 1 heteroatoms. The number of hydrogen-bond donors (Lipinski definition) is 1. The van der Waals surface area contributed by atoms with Gasteiger partial charge in [-0.3, -0.25) is 0 Å². The summed E-state index contributed by atoms with van der Waals surface area (Å²) in [5.41, 5.74) is 1.46. The summed E-state index contributed by atoms with van der Waals surface area (Å²) in [5, 5.41) is 3.58. The highest BCUT2D eigenvalue weighted by Gasteiger charge is 2.27. The molecular formula is C15H23N. The van der Waals surface area contributed by atoms with E-state index in [1.165, 1.54) is 37.8 Å². The molecule has 88 valence electrons. The average molecular weight is 217 g/mol. The molecule has 0 bridgehead atoms. The Labute approximate surface area is 99.3 Å². The predicted octanol–water partition coefficient (Wildman–Crippen LogP) is 3.25. The smallest absolute Gasteiger partial charge is 0.00205 e. The number of aryl methyl sites for hydroxylation is 1. The molecule has 0 heterocycles. The van der Waals surface area contributed by atoms with Gasteiger partial charge in [-0.1, -0.05) is 37.3 Å². The van der Waals surface area contributed by atoms with Crippen LogP contribution in [0.4, 0.5) is 0 Å². The van der Waals surface area contributed by atoms with Crippen LogP contribution in [0.2, 0.25) is 0 Å². The second-order valence-electron chi connectivity index (χ2n) is 5.11. The van der Waals surface area contributed by atoms with Crippen molar-refractivity contribution in [2.24, 2.45) is 11.8 Å². The minimum Gasteiger partial charge on any atom is -0.316 e. The van der Waals surface area contributed by atoms with E-state index in [0.717, 1.165) is 18.4 Å². The predicted molar refractivity (Wildman–Crippen MR) is 69.5 cm³/mol. The van der Waals surface area contributed by atoms with Gasteiger partial charge in [0.25, 0.3) is 0 Å². The molecular weight excluding hydrogens is 194 g/mol. The lowest BCUT2D eigenvalue weighted by atomic mass is 10.1. The maximum Gasteiger partial charge on any atom is -0.00205 e. The molecule has 0 radical (unpaired) electrons. The van der Waals surface area contributed by atoms with E-state index in [0.29, 0.717) is 0 Å². The third-order valence-corrected chi connectivity index (χ3v) is 3.55. The molecule has 1 N–H and O–H groups in total. The molecule has 1 atom stereocenters. The maximum absolute atomic E-state index is 3.58. The van der Waals surface area contributed by atoms with Crippen LogP contribution in [0.3, 0.4) is 0 Å². The summed E-state index contributed by atoms with van der Waals surface area (Å²) < 4.78 is 0. The molecule has 1 aliphatic carbocycles. The van der Waals surface area contributed by atoms with Crippen LogP contribution in [0, 0.1) is 11.8 Å². The minimum atomic E-state index is 0.886. The second-order valence-corrected chi connectivity index (χ2v) is 5.11. The average Bonchev–Trinajstić information content (AvgIpc) is 3.13. The van der Waals surface area contributed by atoms with Gasteiger partial charge in [-0.2, -0.15) is 0 Å². The third kappa shape index (κ3) is 3.97. The van der Waals surface area contributed by atoms with Crippen molar-refractivity contribution in [1.29, 1.82) is 0 Å². The maximum atomic E-state index is 3.58. The van der Waals surface area contributed by atoms with Crippen molar-refractivity contribution >= 4 is 0 Å². The van der Waals surface area contributed by atoms with Gasteiger partial charge in [-0.25, -0.2) is 0 Å². The Bertz CT molecular complexity index is 290. The molecule has 1 aliphatic rings. The number of benzene rings is 1. The Balaban J connectivity index is 1.52. The fourth-order valence-corrected chi connectivity index (χ4v) is 2.22. The van der Waals surface area contributed by atoms with Crippen molar-refractivity contribution in [3.63, 3.8) is 0 Å². The summed E-state index contributed by atoms with van der Waals surface area (Å²) in [6.45, 7) is 4.74. The lowest BCUT2D eigenvalue weighted by Crippen LogP contribution is -2.23. The van der Waals surface area contributed by atoms with Gasteiger partial charge < -0.3 is 5.32 Å². The zero-order chi connectivity index (χ0) is 11.2. The Morgan fingerprint density at radius 2 is 2.00 bits per heavy atom. The lowest BCUT2D eigenvalue weighted by Gasteiger charge is -2.11. The standard InChI is InChI=1S/C15H23N/c1-13(15-9-10-15)12-16-11-5-8-14-6-3-2-4-7-14/h2-4,6-7,13,15-16H,5,8-12H2,1H3. The molecule has 1 aromatic carbocycles. The van der Waals surface area contributed by atoms with E-state index in [2.05, 4.69) is 42.6 Å². The molecule has 16 heavy (non-hydrogen) atoms. The van der Waals surface area contributed by atoms with Crippen LogP contribution >= 0.6 is 0 Å². The molecule has 1 nitrogen and oxygen atoms in total. The highest BCUT2D eigenvalue weighted by Crippen LogP contribution is 2.35. The van der Waals surface area contributed by atoms with Crippen molar-refractivity contribution < 1.29 is 0 Å². The quantitative estimate of drug-likeness (QED) is 0.691.